The van der Waals surface area contributed by atoms with Crippen molar-refractivity contribution in [3.63, 3.8) is 0 Å². The molecule has 0 aromatic carbocycles. The number of hydrogen-bond acceptors (Lipinski definition) is 2. The van der Waals surface area contributed by atoms with Gasteiger partial charge in [-0.15, -0.1) is 0 Å². The molecule has 3 nitrogen and oxygen atoms in total. The molecule has 0 aliphatic heterocycles. The summed E-state index contributed by atoms with van der Waals surface area (Å²) in [6.45, 7) is 0.525. The largest absolute Gasteiger partial charge is 0.344 e. The van der Waals surface area contributed by atoms with E-state index in [1.54, 1.807) is 0 Å². The molecule has 13 heavy (non-hydrogen) atoms. The van der Waals surface area contributed by atoms with Gasteiger partial charge in [0.1, 0.15) is 0 Å². The van der Waals surface area contributed by atoms with Gasteiger partial charge in [-0.2, -0.15) is 0 Å². The molecule has 0 amide bonds. The Morgan fingerprint density at radius 3 is 2.46 bits per heavy atom. The summed E-state index contributed by atoms with van der Waals surface area (Å²) in [4.78, 5) is 9.77. The third kappa shape index (κ3) is 3.41. The predicted molar refractivity (Wildman–Crippen MR) is 55.2 cm³/mol. The van der Waals surface area contributed by atoms with Gasteiger partial charge in [-0.3, -0.25) is 4.57 Å². The monoisotopic (exact) mass is 205 g/mol. The highest BCUT2D eigenvalue weighted by molar-refractivity contribution is 7.58. The Balaban J connectivity index is 2.41. The van der Waals surface area contributed by atoms with Crippen LogP contribution in [0.25, 0.3) is 0 Å². The fourth-order valence-electron chi connectivity index (χ4n) is 1.98. The average Bonchev–Trinajstić information content (AvgIpc) is 2.16. The third-order valence-corrected chi connectivity index (χ3v) is 5.44. The van der Waals surface area contributed by atoms with Crippen LogP contribution in [0.2, 0.25) is 0 Å². The van der Waals surface area contributed by atoms with Crippen LogP contribution in [-0.2, 0) is 4.57 Å². The van der Waals surface area contributed by atoms with E-state index in [2.05, 4.69) is 0 Å². The van der Waals surface area contributed by atoms with Crippen molar-refractivity contribution in [2.24, 2.45) is 5.73 Å². The molecule has 1 aliphatic carbocycles. The van der Waals surface area contributed by atoms with Crippen LogP contribution in [0.4, 0.5) is 0 Å². The van der Waals surface area contributed by atoms with Crippen LogP contribution in [0.3, 0.4) is 0 Å². The molecule has 0 spiro atoms. The van der Waals surface area contributed by atoms with Crippen LogP contribution in [0.1, 0.15) is 38.5 Å². The van der Waals surface area contributed by atoms with Gasteiger partial charge < -0.3 is 10.6 Å². The molecule has 0 bridgehead atoms. The van der Waals surface area contributed by atoms with Crippen LogP contribution >= 0.6 is 7.37 Å². The molecule has 1 atom stereocenters. The first-order chi connectivity index (χ1) is 6.17. The lowest BCUT2D eigenvalue weighted by atomic mass is 10.0. The molecule has 0 radical (unpaired) electrons. The quantitative estimate of drug-likeness (QED) is 0.689. The zero-order chi connectivity index (χ0) is 9.73. The van der Waals surface area contributed by atoms with E-state index in [0.29, 0.717) is 19.1 Å². The molecule has 3 N–H and O–H groups in total. The number of hydrogen-bond donors (Lipinski definition) is 2. The van der Waals surface area contributed by atoms with Crippen LogP contribution in [0, 0.1) is 0 Å². The molecule has 0 heterocycles. The first-order valence-electron chi connectivity index (χ1n) is 5.18. The summed E-state index contributed by atoms with van der Waals surface area (Å²) >= 11 is 0. The van der Waals surface area contributed by atoms with Gasteiger partial charge in [-0.05, 0) is 25.8 Å². The maximum atomic E-state index is 11.8. The number of nitrogens with two attached hydrogens (primary N) is 1. The maximum Gasteiger partial charge on any atom is 0.203 e. The summed E-state index contributed by atoms with van der Waals surface area (Å²) in [6, 6.07) is 0. The normalized spacial score (nSPS) is 24.2. The molecular weight excluding hydrogens is 185 g/mol. The van der Waals surface area contributed by atoms with Crippen LogP contribution in [0.5, 0.6) is 0 Å². The van der Waals surface area contributed by atoms with E-state index in [-0.39, 0.29) is 5.66 Å². The smallest absolute Gasteiger partial charge is 0.203 e. The van der Waals surface area contributed by atoms with Crippen molar-refractivity contribution in [3.05, 3.63) is 0 Å². The van der Waals surface area contributed by atoms with Gasteiger partial charge >= 0.3 is 0 Å². The fourth-order valence-corrected chi connectivity index (χ4v) is 4.16. The minimum Gasteiger partial charge on any atom is -0.344 e. The summed E-state index contributed by atoms with van der Waals surface area (Å²) in [5.41, 5.74) is 5.41. The lowest BCUT2D eigenvalue weighted by Gasteiger charge is -2.26. The van der Waals surface area contributed by atoms with Gasteiger partial charge in [0, 0.05) is 11.8 Å². The Morgan fingerprint density at radius 2 is 1.92 bits per heavy atom. The van der Waals surface area contributed by atoms with E-state index in [0.717, 1.165) is 25.7 Å². The predicted octanol–water partition coefficient (Wildman–Crippen LogP) is 1.94. The second kappa shape index (κ2) is 5.14. The molecule has 1 fully saturated rings. The molecule has 0 aromatic heterocycles. The highest BCUT2D eigenvalue weighted by atomic mass is 31.2. The van der Waals surface area contributed by atoms with Crippen molar-refractivity contribution in [2.75, 3.05) is 12.7 Å². The Bertz CT molecular complexity index is 190. The molecule has 1 saturated carbocycles. The van der Waals surface area contributed by atoms with Gasteiger partial charge in [0.25, 0.3) is 0 Å². The van der Waals surface area contributed by atoms with E-state index >= 15 is 0 Å². The SMILES string of the molecule is NCCCP(=O)(O)C1CCCCC1. The average molecular weight is 205 g/mol. The van der Waals surface area contributed by atoms with Gasteiger partial charge in [0.2, 0.25) is 7.37 Å². The van der Waals surface area contributed by atoms with Crippen LogP contribution < -0.4 is 5.73 Å². The van der Waals surface area contributed by atoms with Crippen molar-refractivity contribution >= 4 is 7.37 Å². The van der Waals surface area contributed by atoms with Crippen LogP contribution in [0.15, 0.2) is 0 Å². The number of rotatable bonds is 4. The van der Waals surface area contributed by atoms with Crippen LogP contribution in [-0.4, -0.2) is 23.3 Å². The maximum absolute atomic E-state index is 11.8. The Labute approximate surface area is 80.2 Å². The molecule has 1 unspecified atom stereocenters. The summed E-state index contributed by atoms with van der Waals surface area (Å²) in [5, 5.41) is 0. The molecule has 1 aliphatic rings. The van der Waals surface area contributed by atoms with Crippen molar-refractivity contribution < 1.29 is 9.46 Å². The molecule has 0 aromatic rings. The topological polar surface area (TPSA) is 63.3 Å². The van der Waals surface area contributed by atoms with E-state index in [4.69, 9.17) is 5.73 Å². The van der Waals surface area contributed by atoms with E-state index in [1.807, 2.05) is 0 Å². The van der Waals surface area contributed by atoms with Crippen molar-refractivity contribution in [2.45, 2.75) is 44.2 Å². The van der Waals surface area contributed by atoms with Gasteiger partial charge in [-0.25, -0.2) is 0 Å². The molecule has 0 saturated heterocycles. The summed E-state index contributed by atoms with van der Waals surface area (Å²) in [5.74, 6) is 0. The third-order valence-electron chi connectivity index (χ3n) is 2.83. The van der Waals surface area contributed by atoms with E-state index in [1.165, 1.54) is 6.42 Å². The van der Waals surface area contributed by atoms with Gasteiger partial charge in [0.15, 0.2) is 0 Å². The minimum absolute atomic E-state index is 0.0767. The Morgan fingerprint density at radius 1 is 1.31 bits per heavy atom. The molecule has 4 heteroatoms. The molecule has 78 valence electrons. The first-order valence-corrected chi connectivity index (χ1v) is 7.10. The lowest BCUT2D eigenvalue weighted by Crippen LogP contribution is -2.16. The second-order valence-corrected chi connectivity index (χ2v) is 6.60. The zero-order valence-corrected chi connectivity index (χ0v) is 9.01. The lowest BCUT2D eigenvalue weighted by molar-refractivity contribution is 0.420. The summed E-state index contributed by atoms with van der Waals surface area (Å²) in [7, 11) is -2.86. The molecule has 1 rings (SSSR count). The van der Waals surface area contributed by atoms with Crippen molar-refractivity contribution in [3.8, 4) is 0 Å². The second-order valence-electron chi connectivity index (χ2n) is 3.91. The van der Waals surface area contributed by atoms with Gasteiger partial charge in [0.05, 0.1) is 0 Å². The highest BCUT2D eigenvalue weighted by Crippen LogP contribution is 2.52. The standard InChI is InChI=1S/C9H20NO2P/c10-7-4-8-13(11,12)9-5-2-1-3-6-9/h9H,1-8,10H2,(H,11,12). The van der Waals surface area contributed by atoms with E-state index in [9.17, 15) is 9.46 Å². The minimum atomic E-state index is -2.86. The highest BCUT2D eigenvalue weighted by Gasteiger charge is 2.30. The van der Waals surface area contributed by atoms with E-state index < -0.39 is 7.37 Å². The zero-order valence-electron chi connectivity index (χ0n) is 8.11. The summed E-state index contributed by atoms with van der Waals surface area (Å²) in [6.07, 6.45) is 6.47. The van der Waals surface area contributed by atoms with Gasteiger partial charge in [-0.1, -0.05) is 19.3 Å². The molecular formula is C9H20NO2P. The van der Waals surface area contributed by atoms with Crippen molar-refractivity contribution in [1.29, 1.82) is 0 Å². The first kappa shape index (κ1) is 11.2. The van der Waals surface area contributed by atoms with Crippen molar-refractivity contribution in [1.82, 2.24) is 0 Å². The summed E-state index contributed by atoms with van der Waals surface area (Å²) < 4.78 is 11.8. The Kier molecular flexibility index (Phi) is 4.43. The Hall–Kier alpha value is 0.150. The fraction of sp³-hybridized carbons (Fsp3) is 1.00.